The van der Waals surface area contributed by atoms with Crippen molar-refractivity contribution < 1.29 is 4.92 Å². The summed E-state index contributed by atoms with van der Waals surface area (Å²) in [6, 6.07) is 21.6. The van der Waals surface area contributed by atoms with Crippen LogP contribution in [0.1, 0.15) is 29.3 Å². The fourth-order valence-electron chi connectivity index (χ4n) is 3.82. The molecule has 5 nitrogen and oxygen atoms in total. The Morgan fingerprint density at radius 2 is 1.85 bits per heavy atom. The molecule has 0 saturated carbocycles. The monoisotopic (exact) mass is 347 g/mol. The molecule has 0 spiro atoms. The van der Waals surface area contributed by atoms with Crippen LogP contribution in [0.4, 0.5) is 5.69 Å². The highest BCUT2D eigenvalue weighted by Crippen LogP contribution is 2.34. The molecule has 0 N–H and O–H groups in total. The minimum atomic E-state index is -0.319. The Labute approximate surface area is 152 Å². The smallest absolute Gasteiger partial charge is 0.269 e. The van der Waals surface area contributed by atoms with Crippen LogP contribution in [-0.4, -0.2) is 20.9 Å². The normalized spacial score (nSPS) is 17.5. The van der Waals surface area contributed by atoms with Crippen LogP contribution in [0.15, 0.2) is 72.9 Å². The van der Waals surface area contributed by atoms with Crippen molar-refractivity contribution in [2.75, 3.05) is 6.54 Å². The third-order valence-corrected chi connectivity index (χ3v) is 4.98. The number of aromatic nitrogens is 1. The van der Waals surface area contributed by atoms with Crippen molar-refractivity contribution in [2.45, 2.75) is 25.6 Å². The maximum absolute atomic E-state index is 11.3. The Morgan fingerprint density at radius 1 is 1.00 bits per heavy atom. The molecule has 0 aliphatic carbocycles. The molecule has 132 valence electrons. The molecule has 4 rings (SSSR count). The molecule has 1 aliphatic heterocycles. The number of rotatable bonds is 4. The summed E-state index contributed by atoms with van der Waals surface area (Å²) in [6.07, 6.45) is 3.16. The van der Waals surface area contributed by atoms with Gasteiger partial charge in [0.25, 0.3) is 5.69 Å². The van der Waals surface area contributed by atoms with Crippen LogP contribution in [0, 0.1) is 10.1 Å². The van der Waals surface area contributed by atoms with Gasteiger partial charge in [-0.05, 0) is 29.7 Å². The van der Waals surface area contributed by atoms with Gasteiger partial charge in [0, 0.05) is 43.7 Å². The second kappa shape index (κ2) is 7.14. The number of aryl methyl sites for hydroxylation is 1. The Morgan fingerprint density at radius 3 is 2.65 bits per heavy atom. The fourth-order valence-corrected chi connectivity index (χ4v) is 3.82. The van der Waals surface area contributed by atoms with Crippen molar-refractivity contribution in [2.24, 2.45) is 0 Å². The SMILES string of the molecule is O=[N+]([O-])c1cccc([C@@H]2c3cccn3CCCN2Cc2ccccc2)c1. The lowest BCUT2D eigenvalue weighted by Crippen LogP contribution is -2.29. The van der Waals surface area contributed by atoms with Crippen LogP contribution in [0.25, 0.3) is 0 Å². The minimum absolute atomic E-state index is 0.00704. The van der Waals surface area contributed by atoms with Gasteiger partial charge in [-0.25, -0.2) is 0 Å². The number of nitro groups is 1. The third kappa shape index (κ3) is 3.26. The van der Waals surface area contributed by atoms with Gasteiger partial charge < -0.3 is 4.57 Å². The predicted molar refractivity (Wildman–Crippen MR) is 101 cm³/mol. The number of fused-ring (bicyclic) bond motifs is 1. The first kappa shape index (κ1) is 16.5. The molecule has 0 bridgehead atoms. The van der Waals surface area contributed by atoms with E-state index in [4.69, 9.17) is 0 Å². The second-order valence-corrected chi connectivity index (χ2v) is 6.69. The number of nitrogens with zero attached hydrogens (tertiary/aromatic N) is 3. The van der Waals surface area contributed by atoms with Crippen LogP contribution in [0.5, 0.6) is 0 Å². The molecular weight excluding hydrogens is 326 g/mol. The average Bonchev–Trinajstić information content (AvgIpc) is 3.04. The predicted octanol–water partition coefficient (Wildman–Crippen LogP) is 4.39. The number of non-ortho nitro benzene ring substituents is 1. The summed E-state index contributed by atoms with van der Waals surface area (Å²) < 4.78 is 2.27. The molecular formula is C21H21N3O2. The van der Waals surface area contributed by atoms with Crippen molar-refractivity contribution in [1.82, 2.24) is 9.47 Å². The number of benzene rings is 2. The van der Waals surface area contributed by atoms with E-state index >= 15 is 0 Å². The van der Waals surface area contributed by atoms with E-state index in [1.165, 1.54) is 11.3 Å². The molecule has 3 aromatic rings. The zero-order valence-electron chi connectivity index (χ0n) is 14.5. The summed E-state index contributed by atoms with van der Waals surface area (Å²) in [4.78, 5) is 13.4. The maximum Gasteiger partial charge on any atom is 0.269 e. The number of hydrogen-bond donors (Lipinski definition) is 0. The molecule has 2 aromatic carbocycles. The lowest BCUT2D eigenvalue weighted by atomic mass is 10.0. The second-order valence-electron chi connectivity index (χ2n) is 6.69. The largest absolute Gasteiger partial charge is 0.350 e. The average molecular weight is 347 g/mol. The number of nitro benzene ring substituents is 1. The van der Waals surface area contributed by atoms with Crippen molar-refractivity contribution in [3.05, 3.63) is 99.9 Å². The summed E-state index contributed by atoms with van der Waals surface area (Å²) in [5.41, 5.74) is 3.56. The molecule has 1 atom stereocenters. The van der Waals surface area contributed by atoms with Gasteiger partial charge in [-0.3, -0.25) is 15.0 Å². The molecule has 5 heteroatoms. The highest BCUT2D eigenvalue weighted by atomic mass is 16.6. The van der Waals surface area contributed by atoms with Crippen LogP contribution < -0.4 is 0 Å². The van der Waals surface area contributed by atoms with Gasteiger partial charge in [0.05, 0.1) is 11.0 Å². The van der Waals surface area contributed by atoms with E-state index in [9.17, 15) is 10.1 Å². The molecule has 0 amide bonds. The molecule has 0 fully saturated rings. The summed E-state index contributed by atoms with van der Waals surface area (Å²) >= 11 is 0. The van der Waals surface area contributed by atoms with Gasteiger partial charge in [-0.1, -0.05) is 42.5 Å². The highest BCUT2D eigenvalue weighted by Gasteiger charge is 2.28. The first-order valence-corrected chi connectivity index (χ1v) is 8.90. The van der Waals surface area contributed by atoms with Gasteiger partial charge in [0.2, 0.25) is 0 Å². The van der Waals surface area contributed by atoms with Crippen LogP contribution in [0.3, 0.4) is 0 Å². The molecule has 26 heavy (non-hydrogen) atoms. The van der Waals surface area contributed by atoms with Crippen molar-refractivity contribution >= 4 is 5.69 Å². The van der Waals surface area contributed by atoms with Gasteiger partial charge in [-0.2, -0.15) is 0 Å². The van der Waals surface area contributed by atoms with Gasteiger partial charge >= 0.3 is 0 Å². The highest BCUT2D eigenvalue weighted by molar-refractivity contribution is 5.39. The summed E-state index contributed by atoms with van der Waals surface area (Å²) in [5.74, 6) is 0. The van der Waals surface area contributed by atoms with Crippen molar-refractivity contribution in [3.63, 3.8) is 0 Å². The van der Waals surface area contributed by atoms with Crippen LogP contribution >= 0.6 is 0 Å². The van der Waals surface area contributed by atoms with Crippen LogP contribution in [0.2, 0.25) is 0 Å². The molecule has 2 heterocycles. The first-order chi connectivity index (χ1) is 12.7. The molecule has 1 aromatic heterocycles. The van der Waals surface area contributed by atoms with E-state index in [0.29, 0.717) is 0 Å². The summed E-state index contributed by atoms with van der Waals surface area (Å²) in [6.45, 7) is 2.74. The summed E-state index contributed by atoms with van der Waals surface area (Å²) in [7, 11) is 0. The Hall–Kier alpha value is -2.92. The van der Waals surface area contributed by atoms with E-state index < -0.39 is 0 Å². The minimum Gasteiger partial charge on any atom is -0.350 e. The van der Waals surface area contributed by atoms with E-state index in [0.717, 1.165) is 31.6 Å². The van der Waals surface area contributed by atoms with E-state index in [-0.39, 0.29) is 16.7 Å². The van der Waals surface area contributed by atoms with Gasteiger partial charge in [-0.15, -0.1) is 0 Å². The molecule has 1 aliphatic rings. The van der Waals surface area contributed by atoms with Crippen LogP contribution in [-0.2, 0) is 13.1 Å². The standard InChI is InChI=1S/C21H21N3O2/c25-24(26)19-10-4-9-18(15-19)21-20-11-5-12-22(20)13-6-14-23(21)16-17-7-2-1-3-8-17/h1-5,7-12,15,21H,6,13-14,16H2/t21-/m1/s1. The number of hydrogen-bond acceptors (Lipinski definition) is 3. The molecule has 0 radical (unpaired) electrons. The Kier molecular flexibility index (Phi) is 4.54. The van der Waals surface area contributed by atoms with Gasteiger partial charge in [0.15, 0.2) is 0 Å². The lowest BCUT2D eigenvalue weighted by Gasteiger charge is -2.30. The molecule has 0 saturated heterocycles. The molecule has 0 unspecified atom stereocenters. The van der Waals surface area contributed by atoms with E-state index in [1.54, 1.807) is 18.2 Å². The zero-order valence-corrected chi connectivity index (χ0v) is 14.5. The first-order valence-electron chi connectivity index (χ1n) is 8.90. The topological polar surface area (TPSA) is 51.3 Å². The maximum atomic E-state index is 11.3. The summed E-state index contributed by atoms with van der Waals surface area (Å²) in [5, 5.41) is 11.3. The van der Waals surface area contributed by atoms with Gasteiger partial charge in [0.1, 0.15) is 0 Å². The quantitative estimate of drug-likeness (QED) is 0.519. The lowest BCUT2D eigenvalue weighted by molar-refractivity contribution is -0.384. The van der Waals surface area contributed by atoms with E-state index in [1.807, 2.05) is 12.1 Å². The third-order valence-electron chi connectivity index (χ3n) is 4.98. The Bertz CT molecular complexity index is 904. The fraction of sp³-hybridized carbons (Fsp3) is 0.238. The zero-order chi connectivity index (χ0) is 17.9. The van der Waals surface area contributed by atoms with Crippen molar-refractivity contribution in [3.8, 4) is 0 Å². The van der Waals surface area contributed by atoms with Crippen molar-refractivity contribution in [1.29, 1.82) is 0 Å². The Balaban J connectivity index is 1.77. The van der Waals surface area contributed by atoms with E-state index in [2.05, 4.69) is 52.1 Å².